The van der Waals surface area contributed by atoms with Gasteiger partial charge in [0, 0.05) is 62.0 Å². The van der Waals surface area contributed by atoms with Crippen LogP contribution in [0.4, 0.5) is 17.3 Å². The molecule has 1 aliphatic rings. The summed E-state index contributed by atoms with van der Waals surface area (Å²) in [6.07, 6.45) is 7.28. The fourth-order valence-corrected chi connectivity index (χ4v) is 4.26. The quantitative estimate of drug-likeness (QED) is 0.441. The summed E-state index contributed by atoms with van der Waals surface area (Å²) in [7, 11) is 3.20. The van der Waals surface area contributed by atoms with Crippen molar-refractivity contribution >= 4 is 47.0 Å². The van der Waals surface area contributed by atoms with Crippen molar-refractivity contribution in [3.8, 4) is 22.8 Å². The number of ether oxygens (including phenoxy) is 2. The van der Waals surface area contributed by atoms with Gasteiger partial charge in [0.2, 0.25) is 5.95 Å². The molecule has 2 N–H and O–H groups in total. The van der Waals surface area contributed by atoms with Crippen molar-refractivity contribution in [2.45, 2.75) is 0 Å². The van der Waals surface area contributed by atoms with E-state index in [0.717, 1.165) is 48.8 Å². The molecule has 0 unspecified atom stereocenters. The van der Waals surface area contributed by atoms with Crippen LogP contribution >= 0.6 is 24.0 Å². The number of imidazole rings is 1. The maximum Gasteiger partial charge on any atom is 0.225 e. The molecule has 1 saturated heterocycles. The number of nitrogens with zero attached hydrogens (tertiary/aromatic N) is 6. The lowest BCUT2D eigenvalue weighted by Crippen LogP contribution is -2.47. The SMILES string of the molecule is COc1cc(OC)c(-c2cn3ccc(N4CCN(c5ncc(N)cn5)CC4)cc3n2)cc1Cl.Cl. The zero-order valence-corrected chi connectivity index (χ0v) is 20.4. The van der Waals surface area contributed by atoms with Crippen LogP contribution in [0.5, 0.6) is 11.5 Å². The van der Waals surface area contributed by atoms with Gasteiger partial charge in [-0.2, -0.15) is 0 Å². The monoisotopic (exact) mass is 501 g/mol. The van der Waals surface area contributed by atoms with Crippen LogP contribution in [0.3, 0.4) is 0 Å². The molecular formula is C23H25Cl2N7O2. The number of nitrogens with two attached hydrogens (primary N) is 1. The van der Waals surface area contributed by atoms with Crippen LogP contribution in [0.25, 0.3) is 16.9 Å². The highest BCUT2D eigenvalue weighted by molar-refractivity contribution is 6.32. The Hall–Kier alpha value is -3.43. The minimum atomic E-state index is 0. The average Bonchev–Trinajstić information content (AvgIpc) is 3.28. The number of benzene rings is 1. The number of anilines is 3. The second-order valence-electron chi connectivity index (χ2n) is 7.75. The number of hydrogen-bond donors (Lipinski definition) is 1. The van der Waals surface area contributed by atoms with E-state index in [4.69, 9.17) is 31.8 Å². The highest BCUT2D eigenvalue weighted by Crippen LogP contribution is 2.38. The van der Waals surface area contributed by atoms with Crippen molar-refractivity contribution in [1.29, 1.82) is 0 Å². The van der Waals surface area contributed by atoms with Gasteiger partial charge in [-0.05, 0) is 12.1 Å². The minimum absolute atomic E-state index is 0. The van der Waals surface area contributed by atoms with Gasteiger partial charge in [0.25, 0.3) is 0 Å². The van der Waals surface area contributed by atoms with Crippen LogP contribution in [0.1, 0.15) is 0 Å². The first-order valence-corrected chi connectivity index (χ1v) is 10.9. The first-order valence-electron chi connectivity index (χ1n) is 10.5. The van der Waals surface area contributed by atoms with Crippen LogP contribution in [-0.4, -0.2) is 59.8 Å². The maximum atomic E-state index is 6.36. The number of halogens is 2. The summed E-state index contributed by atoms with van der Waals surface area (Å²) < 4.78 is 12.8. The van der Waals surface area contributed by atoms with E-state index < -0.39 is 0 Å². The van der Waals surface area contributed by atoms with Gasteiger partial charge in [-0.1, -0.05) is 11.6 Å². The lowest BCUT2D eigenvalue weighted by Gasteiger charge is -2.36. The zero-order chi connectivity index (χ0) is 22.9. The third kappa shape index (κ3) is 4.49. The summed E-state index contributed by atoms with van der Waals surface area (Å²) in [5.74, 6) is 1.93. The number of rotatable bonds is 5. The molecule has 0 saturated carbocycles. The molecule has 4 aromatic rings. The van der Waals surface area contributed by atoms with E-state index in [1.807, 2.05) is 22.9 Å². The zero-order valence-electron chi connectivity index (χ0n) is 18.8. The first-order chi connectivity index (χ1) is 16.1. The van der Waals surface area contributed by atoms with E-state index in [1.165, 1.54) is 0 Å². The van der Waals surface area contributed by atoms with E-state index in [0.29, 0.717) is 28.2 Å². The summed E-state index contributed by atoms with van der Waals surface area (Å²) in [5.41, 5.74) is 9.82. The predicted molar refractivity (Wildman–Crippen MR) is 137 cm³/mol. The summed E-state index contributed by atoms with van der Waals surface area (Å²) in [6, 6.07) is 7.79. The predicted octanol–water partition coefficient (Wildman–Crippen LogP) is 3.79. The van der Waals surface area contributed by atoms with Gasteiger partial charge in [-0.25, -0.2) is 15.0 Å². The standard InChI is InChI=1S/C23H24ClN7O2.ClH/c1-32-20-11-21(33-2)18(24)10-17(20)19-14-31-4-3-16(9-22(31)28-19)29-5-7-30(8-6-29)23-26-12-15(25)13-27-23;/h3-4,9-14H,5-8,25H2,1-2H3;1H. The molecule has 1 fully saturated rings. The maximum absolute atomic E-state index is 6.36. The van der Waals surface area contributed by atoms with Gasteiger partial charge in [-0.3, -0.25) is 0 Å². The molecule has 0 aliphatic carbocycles. The molecule has 5 rings (SSSR count). The second kappa shape index (κ2) is 9.82. The number of piperazine rings is 1. The lowest BCUT2D eigenvalue weighted by atomic mass is 10.1. The molecule has 9 nitrogen and oxygen atoms in total. The van der Waals surface area contributed by atoms with Gasteiger partial charge in [0.15, 0.2) is 0 Å². The molecule has 0 amide bonds. The number of aromatic nitrogens is 4. The normalized spacial score (nSPS) is 13.6. The van der Waals surface area contributed by atoms with Gasteiger partial charge >= 0.3 is 0 Å². The number of hydrogen-bond acceptors (Lipinski definition) is 8. The van der Waals surface area contributed by atoms with Crippen LogP contribution < -0.4 is 25.0 Å². The van der Waals surface area contributed by atoms with E-state index in [1.54, 1.807) is 32.7 Å². The molecular weight excluding hydrogens is 477 g/mol. The average molecular weight is 502 g/mol. The van der Waals surface area contributed by atoms with Crippen molar-refractivity contribution in [3.63, 3.8) is 0 Å². The van der Waals surface area contributed by atoms with Crippen molar-refractivity contribution < 1.29 is 9.47 Å². The largest absolute Gasteiger partial charge is 0.496 e. The Morgan fingerprint density at radius 2 is 1.62 bits per heavy atom. The van der Waals surface area contributed by atoms with Crippen molar-refractivity contribution in [2.75, 3.05) is 55.9 Å². The molecule has 0 atom stereocenters. The van der Waals surface area contributed by atoms with E-state index in [-0.39, 0.29) is 12.4 Å². The number of methoxy groups -OCH3 is 2. The fraction of sp³-hybridized carbons (Fsp3) is 0.261. The summed E-state index contributed by atoms with van der Waals surface area (Å²) in [4.78, 5) is 18.0. The highest BCUT2D eigenvalue weighted by Gasteiger charge is 2.20. The Labute approximate surface area is 208 Å². The molecule has 11 heteroatoms. The summed E-state index contributed by atoms with van der Waals surface area (Å²) >= 11 is 6.36. The highest BCUT2D eigenvalue weighted by atomic mass is 35.5. The molecule has 1 aromatic carbocycles. The second-order valence-corrected chi connectivity index (χ2v) is 8.16. The van der Waals surface area contributed by atoms with Crippen molar-refractivity contribution in [1.82, 2.24) is 19.4 Å². The van der Waals surface area contributed by atoms with Crippen LogP contribution in [0.15, 0.2) is 49.1 Å². The first kappa shape index (κ1) is 23.7. The van der Waals surface area contributed by atoms with Crippen molar-refractivity contribution in [2.24, 2.45) is 0 Å². The van der Waals surface area contributed by atoms with E-state index >= 15 is 0 Å². The Bertz CT molecular complexity index is 1290. The number of nitrogen functional groups attached to an aromatic ring is 1. The lowest BCUT2D eigenvalue weighted by molar-refractivity contribution is 0.395. The third-order valence-electron chi connectivity index (χ3n) is 5.78. The Morgan fingerprint density at radius 1 is 0.941 bits per heavy atom. The molecule has 178 valence electrons. The summed E-state index contributed by atoms with van der Waals surface area (Å²) in [5, 5.41) is 0.508. The molecule has 1 aliphatic heterocycles. The number of pyridine rings is 1. The molecule has 0 radical (unpaired) electrons. The third-order valence-corrected chi connectivity index (χ3v) is 6.07. The van der Waals surface area contributed by atoms with Crippen molar-refractivity contribution in [3.05, 3.63) is 54.1 Å². The van der Waals surface area contributed by atoms with Crippen LogP contribution in [-0.2, 0) is 0 Å². The molecule has 0 bridgehead atoms. The Kier molecular flexibility index (Phi) is 6.85. The molecule has 34 heavy (non-hydrogen) atoms. The smallest absolute Gasteiger partial charge is 0.225 e. The van der Waals surface area contributed by atoms with Crippen LogP contribution in [0.2, 0.25) is 5.02 Å². The van der Waals surface area contributed by atoms with Gasteiger partial charge in [0.05, 0.1) is 43.0 Å². The van der Waals surface area contributed by atoms with Gasteiger partial charge in [0.1, 0.15) is 17.1 Å². The minimum Gasteiger partial charge on any atom is -0.496 e. The summed E-state index contributed by atoms with van der Waals surface area (Å²) in [6.45, 7) is 3.38. The topological polar surface area (TPSA) is 94.0 Å². The van der Waals surface area contributed by atoms with Gasteiger partial charge in [-0.15, -0.1) is 12.4 Å². The molecule has 4 heterocycles. The van der Waals surface area contributed by atoms with Crippen LogP contribution in [0, 0.1) is 0 Å². The molecule has 0 spiro atoms. The number of fused-ring (bicyclic) bond motifs is 1. The Balaban J connectivity index is 0.00000274. The fourth-order valence-electron chi connectivity index (χ4n) is 4.02. The van der Waals surface area contributed by atoms with E-state index in [9.17, 15) is 0 Å². The Morgan fingerprint density at radius 3 is 2.29 bits per heavy atom. The van der Waals surface area contributed by atoms with Gasteiger partial charge < -0.3 is 29.4 Å². The van der Waals surface area contributed by atoms with E-state index in [2.05, 4.69) is 31.9 Å². The molecule has 3 aromatic heterocycles.